The van der Waals surface area contributed by atoms with Crippen LogP contribution in [0.2, 0.25) is 3.12 Å². The van der Waals surface area contributed by atoms with Crippen molar-refractivity contribution in [1.29, 1.82) is 0 Å². The standard InChI is InChI=1S/C16H13.C12H19.2ClH.Zr/c1-12-10-14-8-5-9-15(16(14)11-12)13-6-3-2-4-7-13;1-6-7-12-10(4)8(2)9(3)11(12)5;;;/h2-11H,1H3;6-7H2,1-5H3;2*1H;/q;;;;+2/p-2. The Balaban J connectivity index is 0.00000171. The van der Waals surface area contributed by atoms with Crippen LogP contribution in [0.5, 0.6) is 0 Å². The van der Waals surface area contributed by atoms with E-state index in [1.165, 1.54) is 29.5 Å². The summed E-state index contributed by atoms with van der Waals surface area (Å²) >= 11 is -0.811. The second-order valence-electron chi connectivity index (χ2n) is 8.87. The molecule has 0 aromatic heterocycles. The van der Waals surface area contributed by atoms with Crippen molar-refractivity contribution in [3.8, 4) is 11.1 Å². The van der Waals surface area contributed by atoms with Crippen LogP contribution in [0.1, 0.15) is 69.1 Å². The fraction of sp³-hybridized carbons (Fsp3) is 0.357. The summed E-state index contributed by atoms with van der Waals surface area (Å²) in [6.45, 7) is 14.4. The van der Waals surface area contributed by atoms with Crippen LogP contribution in [0.3, 0.4) is 0 Å². The van der Waals surface area contributed by atoms with E-state index < -0.39 is 23.2 Å². The Kier molecular flexibility index (Phi) is 8.83. The first-order chi connectivity index (χ1) is 13.9. The first-order valence-electron chi connectivity index (χ1n) is 10.9. The number of hydrogen-bond acceptors (Lipinski definition) is 0. The third kappa shape index (κ3) is 4.48. The minimum absolute atomic E-state index is 0. The molecule has 0 bridgehead atoms. The van der Waals surface area contributed by atoms with Crippen LogP contribution in [0.4, 0.5) is 0 Å². The van der Waals surface area contributed by atoms with Crippen LogP contribution >= 0.6 is 0 Å². The van der Waals surface area contributed by atoms with Gasteiger partial charge in [-0.1, -0.05) is 0 Å². The Morgan fingerprint density at radius 1 is 0.871 bits per heavy atom. The van der Waals surface area contributed by atoms with Gasteiger partial charge in [0.2, 0.25) is 0 Å². The third-order valence-electron chi connectivity index (χ3n) is 7.23. The van der Waals surface area contributed by atoms with Crippen molar-refractivity contribution < 1.29 is 48.0 Å². The molecule has 31 heavy (non-hydrogen) atoms. The molecule has 0 N–H and O–H groups in total. The molecule has 4 rings (SSSR count). The Bertz CT molecular complexity index is 1050. The van der Waals surface area contributed by atoms with E-state index in [0.29, 0.717) is 6.75 Å². The molecular weight excluding hydrogens is 498 g/mol. The number of allylic oxidation sites excluding steroid dienone is 5. The summed E-state index contributed by atoms with van der Waals surface area (Å²) in [5.74, 6) is 0. The van der Waals surface area contributed by atoms with Crippen molar-refractivity contribution in [1.82, 2.24) is 0 Å². The fourth-order valence-corrected chi connectivity index (χ4v) is 10.6. The summed E-state index contributed by atoms with van der Waals surface area (Å²) in [6.07, 6.45) is 4.99. The minimum atomic E-state index is -0.811. The Hall–Kier alpha value is -0.877. The zero-order valence-electron chi connectivity index (χ0n) is 19.4. The minimum Gasteiger partial charge on any atom is -1.00 e. The molecular formula is C28H32Cl2Zr. The molecule has 2 aromatic rings. The van der Waals surface area contributed by atoms with Crippen LogP contribution in [0, 0.1) is 0 Å². The van der Waals surface area contributed by atoms with Gasteiger partial charge in [0.25, 0.3) is 0 Å². The Morgan fingerprint density at radius 2 is 1.55 bits per heavy atom. The van der Waals surface area contributed by atoms with Crippen LogP contribution in [-0.2, 0) is 23.2 Å². The molecule has 0 amide bonds. The summed E-state index contributed by atoms with van der Waals surface area (Å²) in [5.41, 5.74) is 13.9. The molecule has 0 saturated carbocycles. The molecule has 0 heterocycles. The zero-order chi connectivity index (χ0) is 20.8. The molecule has 0 fully saturated rings. The van der Waals surface area contributed by atoms with Gasteiger partial charge < -0.3 is 24.8 Å². The van der Waals surface area contributed by atoms with Gasteiger partial charge in [0.05, 0.1) is 0 Å². The second kappa shape index (κ2) is 10.4. The maximum atomic E-state index is 2.58. The van der Waals surface area contributed by atoms with E-state index in [1.807, 2.05) is 0 Å². The smallest absolute Gasteiger partial charge is 1.00 e. The largest absolute Gasteiger partial charge is 1.00 e. The van der Waals surface area contributed by atoms with Gasteiger partial charge in [-0.05, 0) is 0 Å². The first kappa shape index (κ1) is 26.4. The van der Waals surface area contributed by atoms with Gasteiger partial charge in [-0.25, -0.2) is 0 Å². The first-order valence-corrected chi connectivity index (χ1v) is 13.6. The number of benzene rings is 2. The average Bonchev–Trinajstić information content (AvgIpc) is 3.12. The van der Waals surface area contributed by atoms with Crippen molar-refractivity contribution in [2.45, 2.75) is 61.1 Å². The quantitative estimate of drug-likeness (QED) is 0.558. The maximum Gasteiger partial charge on any atom is -1.00 e. The molecule has 2 unspecified atom stereocenters. The van der Waals surface area contributed by atoms with Gasteiger partial charge in [0.1, 0.15) is 0 Å². The molecule has 0 aliphatic heterocycles. The molecule has 2 aromatic carbocycles. The predicted octanol–water partition coefficient (Wildman–Crippen LogP) is 2.55. The van der Waals surface area contributed by atoms with Crippen molar-refractivity contribution >= 4 is 6.08 Å². The van der Waals surface area contributed by atoms with Crippen molar-refractivity contribution in [2.24, 2.45) is 0 Å². The monoisotopic (exact) mass is 528 g/mol. The molecule has 0 nitrogen and oxygen atoms in total. The van der Waals surface area contributed by atoms with E-state index >= 15 is 0 Å². The zero-order valence-corrected chi connectivity index (χ0v) is 23.4. The van der Waals surface area contributed by atoms with Gasteiger partial charge in [-0.3, -0.25) is 0 Å². The molecule has 0 spiro atoms. The van der Waals surface area contributed by atoms with Gasteiger partial charge in [-0.2, -0.15) is 0 Å². The summed E-state index contributed by atoms with van der Waals surface area (Å²) in [7, 11) is 0. The molecule has 2 aliphatic rings. The Labute approximate surface area is 212 Å². The summed E-state index contributed by atoms with van der Waals surface area (Å²) in [6, 6.07) is 17.9. The van der Waals surface area contributed by atoms with Gasteiger partial charge >= 0.3 is 189 Å². The van der Waals surface area contributed by atoms with E-state index in [1.54, 1.807) is 33.4 Å². The van der Waals surface area contributed by atoms with Gasteiger partial charge in [0.15, 0.2) is 0 Å². The fourth-order valence-electron chi connectivity index (χ4n) is 5.27. The van der Waals surface area contributed by atoms with E-state index in [9.17, 15) is 0 Å². The van der Waals surface area contributed by atoms with Crippen LogP contribution in [0.25, 0.3) is 17.2 Å². The predicted molar refractivity (Wildman–Crippen MR) is 123 cm³/mol. The average molecular weight is 531 g/mol. The number of hydrogen-bond donors (Lipinski definition) is 0. The molecule has 0 saturated heterocycles. The molecule has 0 radical (unpaired) electrons. The Morgan fingerprint density at radius 3 is 2.19 bits per heavy atom. The van der Waals surface area contributed by atoms with Crippen molar-refractivity contribution in [2.75, 3.05) is 0 Å². The summed E-state index contributed by atoms with van der Waals surface area (Å²) in [4.78, 5) is 0. The maximum absolute atomic E-state index is 2.58. The van der Waals surface area contributed by atoms with Gasteiger partial charge in [0, 0.05) is 0 Å². The number of fused-ring (bicyclic) bond motifs is 1. The van der Waals surface area contributed by atoms with E-state index in [0.717, 1.165) is 0 Å². The van der Waals surface area contributed by atoms with Crippen LogP contribution in [-0.4, -0.2) is 0 Å². The van der Waals surface area contributed by atoms with Gasteiger partial charge in [-0.15, -0.1) is 0 Å². The normalized spacial score (nSPS) is 21.9. The summed E-state index contributed by atoms with van der Waals surface area (Å²) in [5, 5.41) is 0. The van der Waals surface area contributed by atoms with Crippen molar-refractivity contribution in [3.05, 3.63) is 87.5 Å². The van der Waals surface area contributed by atoms with Crippen molar-refractivity contribution in [3.63, 3.8) is 0 Å². The van der Waals surface area contributed by atoms with E-state index in [2.05, 4.69) is 96.1 Å². The van der Waals surface area contributed by atoms with Crippen LogP contribution < -0.4 is 24.8 Å². The second-order valence-corrected chi connectivity index (χ2v) is 13.5. The van der Waals surface area contributed by atoms with E-state index in [-0.39, 0.29) is 24.8 Å². The third-order valence-corrected chi connectivity index (χ3v) is 12.9. The topological polar surface area (TPSA) is 0 Å². The number of rotatable bonds is 5. The number of halogens is 2. The molecule has 2 aliphatic carbocycles. The van der Waals surface area contributed by atoms with Crippen LogP contribution in [0.15, 0.2) is 76.4 Å². The molecule has 162 valence electrons. The van der Waals surface area contributed by atoms with E-state index in [4.69, 9.17) is 0 Å². The molecule has 3 heteroatoms. The SMILES string of the molecule is CCCC1=C(C)C(C)=C(C)[C]1(C)[Zr+2][CH]1C(C)=Cc2c(-c3ccccc3)cccc21.[Cl-].[Cl-]. The summed E-state index contributed by atoms with van der Waals surface area (Å²) < 4.78 is 1.01. The molecule has 2 atom stereocenters.